The molecule has 4 heteroatoms. The first-order valence-corrected chi connectivity index (χ1v) is 5.64. The van der Waals surface area contributed by atoms with Gasteiger partial charge in [-0.1, -0.05) is 11.6 Å². The van der Waals surface area contributed by atoms with Gasteiger partial charge >= 0.3 is 0 Å². The molecule has 1 aromatic rings. The van der Waals surface area contributed by atoms with Crippen LogP contribution in [0.25, 0.3) is 0 Å². The summed E-state index contributed by atoms with van der Waals surface area (Å²) in [5, 5.41) is 0.454. The van der Waals surface area contributed by atoms with Crippen molar-refractivity contribution in [3.8, 4) is 0 Å². The molecule has 66 valence electrons. The predicted molar refractivity (Wildman–Crippen MR) is 49.3 cm³/mol. The van der Waals surface area contributed by atoms with Gasteiger partial charge in [-0.05, 0) is 30.7 Å². The third-order valence-corrected chi connectivity index (χ3v) is 2.75. The molecule has 0 N–H and O–H groups in total. The molecule has 0 aromatic heterocycles. The second-order valence-corrected chi connectivity index (χ2v) is 5.19. The summed E-state index contributed by atoms with van der Waals surface area (Å²) < 4.78 is 22.2. The Kier molecular flexibility index (Phi) is 2.44. The topological polar surface area (TPSA) is 34.1 Å². The Bertz CT molecular complexity index is 375. The number of aryl methyl sites for hydroxylation is 1. The van der Waals surface area contributed by atoms with Crippen LogP contribution in [0.5, 0.6) is 0 Å². The van der Waals surface area contributed by atoms with Gasteiger partial charge in [0.2, 0.25) is 0 Å². The Morgan fingerprint density at radius 3 is 2.25 bits per heavy atom. The lowest BCUT2D eigenvalue weighted by molar-refractivity contribution is 0.602. The first-order chi connectivity index (χ1) is 5.39. The standard InChI is InChI=1S/C8H9ClO2S/c1-6-3-7(9)5-8(4-6)12(2,10)11/h3-5H,1-2H3. The molecular formula is C8H9ClO2S. The van der Waals surface area contributed by atoms with Crippen LogP contribution >= 0.6 is 11.6 Å². The summed E-state index contributed by atoms with van der Waals surface area (Å²) >= 11 is 5.69. The minimum absolute atomic E-state index is 0.271. The van der Waals surface area contributed by atoms with Crippen molar-refractivity contribution in [2.24, 2.45) is 0 Å². The predicted octanol–water partition coefficient (Wildman–Crippen LogP) is 2.05. The highest BCUT2D eigenvalue weighted by atomic mass is 35.5. The SMILES string of the molecule is Cc1cc(Cl)cc(S(C)(=O)=O)c1. The maximum absolute atomic E-state index is 11.1. The van der Waals surface area contributed by atoms with Crippen molar-refractivity contribution in [3.63, 3.8) is 0 Å². The Labute approximate surface area is 77.1 Å². The van der Waals surface area contributed by atoms with E-state index < -0.39 is 9.84 Å². The van der Waals surface area contributed by atoms with Gasteiger partial charge in [0, 0.05) is 11.3 Å². The molecule has 0 fully saturated rings. The molecule has 0 unspecified atom stereocenters. The zero-order valence-electron chi connectivity index (χ0n) is 6.83. The van der Waals surface area contributed by atoms with E-state index in [0.717, 1.165) is 11.8 Å². The summed E-state index contributed by atoms with van der Waals surface area (Å²) in [4.78, 5) is 0.271. The molecule has 0 amide bonds. The van der Waals surface area contributed by atoms with Crippen molar-refractivity contribution in [1.82, 2.24) is 0 Å². The molecule has 2 nitrogen and oxygen atoms in total. The third kappa shape index (κ3) is 2.22. The van der Waals surface area contributed by atoms with Gasteiger partial charge in [0.1, 0.15) is 0 Å². The Morgan fingerprint density at radius 1 is 1.25 bits per heavy atom. The van der Waals surface area contributed by atoms with Gasteiger partial charge in [-0.3, -0.25) is 0 Å². The second kappa shape index (κ2) is 3.07. The number of rotatable bonds is 1. The van der Waals surface area contributed by atoms with E-state index in [1.165, 1.54) is 6.07 Å². The largest absolute Gasteiger partial charge is 0.224 e. The number of hydrogen-bond donors (Lipinski definition) is 0. The average Bonchev–Trinajstić information content (AvgIpc) is 1.82. The van der Waals surface area contributed by atoms with E-state index in [1.807, 2.05) is 0 Å². The van der Waals surface area contributed by atoms with Crippen LogP contribution in [0.1, 0.15) is 5.56 Å². The highest BCUT2D eigenvalue weighted by Crippen LogP contribution is 2.18. The summed E-state index contributed by atoms with van der Waals surface area (Å²) in [6, 6.07) is 4.77. The summed E-state index contributed by atoms with van der Waals surface area (Å²) in [5.74, 6) is 0. The van der Waals surface area contributed by atoms with E-state index in [0.29, 0.717) is 5.02 Å². The van der Waals surface area contributed by atoms with E-state index in [2.05, 4.69) is 0 Å². The Hall–Kier alpha value is -0.540. The van der Waals surface area contributed by atoms with Crippen molar-refractivity contribution in [3.05, 3.63) is 28.8 Å². The lowest BCUT2D eigenvalue weighted by Crippen LogP contribution is -1.97. The molecule has 0 aliphatic heterocycles. The van der Waals surface area contributed by atoms with Gasteiger partial charge in [0.15, 0.2) is 9.84 Å². The van der Waals surface area contributed by atoms with Gasteiger partial charge in [-0.2, -0.15) is 0 Å². The maximum atomic E-state index is 11.1. The molecule has 1 aromatic carbocycles. The quantitative estimate of drug-likeness (QED) is 0.702. The van der Waals surface area contributed by atoms with Crippen LogP contribution in [-0.4, -0.2) is 14.7 Å². The number of halogens is 1. The van der Waals surface area contributed by atoms with Gasteiger partial charge in [-0.15, -0.1) is 0 Å². The number of benzene rings is 1. The monoisotopic (exact) mass is 204 g/mol. The molecule has 1 rings (SSSR count). The van der Waals surface area contributed by atoms with Crippen LogP contribution in [-0.2, 0) is 9.84 Å². The smallest absolute Gasteiger partial charge is 0.175 e. The van der Waals surface area contributed by atoms with E-state index >= 15 is 0 Å². The Morgan fingerprint density at radius 2 is 1.83 bits per heavy atom. The average molecular weight is 205 g/mol. The molecule has 0 atom stereocenters. The fraction of sp³-hybridized carbons (Fsp3) is 0.250. The highest BCUT2D eigenvalue weighted by molar-refractivity contribution is 7.90. The van der Waals surface area contributed by atoms with Crippen molar-refractivity contribution in [1.29, 1.82) is 0 Å². The highest BCUT2D eigenvalue weighted by Gasteiger charge is 2.07. The lowest BCUT2D eigenvalue weighted by Gasteiger charge is -2.00. The first-order valence-electron chi connectivity index (χ1n) is 3.37. The molecule has 0 radical (unpaired) electrons. The molecule has 0 saturated heterocycles. The van der Waals surface area contributed by atoms with Crippen molar-refractivity contribution >= 4 is 21.4 Å². The molecule has 0 aliphatic carbocycles. The normalized spacial score (nSPS) is 11.6. The summed E-state index contributed by atoms with van der Waals surface area (Å²) in [6.07, 6.45) is 1.16. The number of hydrogen-bond acceptors (Lipinski definition) is 2. The molecule has 0 spiro atoms. The van der Waals surface area contributed by atoms with Crippen LogP contribution in [0.3, 0.4) is 0 Å². The molecular weight excluding hydrogens is 196 g/mol. The third-order valence-electron chi connectivity index (χ3n) is 1.44. The van der Waals surface area contributed by atoms with Gasteiger partial charge in [0.05, 0.1) is 4.90 Å². The summed E-state index contributed by atoms with van der Waals surface area (Å²) in [7, 11) is -3.13. The van der Waals surface area contributed by atoms with Gasteiger partial charge in [-0.25, -0.2) is 8.42 Å². The second-order valence-electron chi connectivity index (χ2n) is 2.74. The van der Waals surface area contributed by atoms with Crippen LogP contribution in [0, 0.1) is 6.92 Å². The van der Waals surface area contributed by atoms with Crippen molar-refractivity contribution in [2.75, 3.05) is 6.26 Å². The van der Waals surface area contributed by atoms with E-state index in [-0.39, 0.29) is 4.90 Å². The number of sulfone groups is 1. The molecule has 0 bridgehead atoms. The van der Waals surface area contributed by atoms with Crippen LogP contribution < -0.4 is 0 Å². The summed E-state index contributed by atoms with van der Waals surface area (Å²) in [5.41, 5.74) is 0.850. The fourth-order valence-electron chi connectivity index (χ4n) is 0.917. The minimum atomic E-state index is -3.13. The molecule has 0 aliphatic rings. The van der Waals surface area contributed by atoms with Crippen molar-refractivity contribution < 1.29 is 8.42 Å². The first kappa shape index (κ1) is 9.55. The zero-order chi connectivity index (χ0) is 9.35. The zero-order valence-corrected chi connectivity index (χ0v) is 8.41. The van der Waals surface area contributed by atoms with E-state index in [9.17, 15) is 8.42 Å². The molecule has 12 heavy (non-hydrogen) atoms. The van der Waals surface area contributed by atoms with Gasteiger partial charge in [0.25, 0.3) is 0 Å². The van der Waals surface area contributed by atoms with Gasteiger partial charge < -0.3 is 0 Å². The maximum Gasteiger partial charge on any atom is 0.175 e. The Balaban J connectivity index is 3.37. The summed E-state index contributed by atoms with van der Waals surface area (Å²) in [6.45, 7) is 1.81. The van der Waals surface area contributed by atoms with E-state index in [4.69, 9.17) is 11.6 Å². The molecule has 0 heterocycles. The molecule has 0 saturated carbocycles. The fourth-order valence-corrected chi connectivity index (χ4v) is 2.01. The van der Waals surface area contributed by atoms with Crippen LogP contribution in [0.2, 0.25) is 5.02 Å². The lowest BCUT2D eigenvalue weighted by atomic mass is 10.2. The van der Waals surface area contributed by atoms with Crippen molar-refractivity contribution in [2.45, 2.75) is 11.8 Å². The van der Waals surface area contributed by atoms with Crippen LogP contribution in [0.4, 0.5) is 0 Å². The van der Waals surface area contributed by atoms with Crippen LogP contribution in [0.15, 0.2) is 23.1 Å². The minimum Gasteiger partial charge on any atom is -0.224 e. The van der Waals surface area contributed by atoms with E-state index in [1.54, 1.807) is 19.1 Å².